The lowest BCUT2D eigenvalue weighted by Gasteiger charge is -2.07. The second kappa shape index (κ2) is 7.79. The number of fused-ring (bicyclic) bond motifs is 2. The maximum absolute atomic E-state index is 12.3. The van der Waals surface area contributed by atoms with Crippen LogP contribution in [0.3, 0.4) is 0 Å². The lowest BCUT2D eigenvalue weighted by Crippen LogP contribution is -2.25. The van der Waals surface area contributed by atoms with E-state index in [-0.39, 0.29) is 17.9 Å². The van der Waals surface area contributed by atoms with Crippen molar-refractivity contribution in [1.29, 1.82) is 0 Å². The second-order valence-electron chi connectivity index (χ2n) is 6.93. The predicted molar refractivity (Wildman–Crippen MR) is 112 cm³/mol. The van der Waals surface area contributed by atoms with Crippen LogP contribution in [0.15, 0.2) is 53.3 Å². The van der Waals surface area contributed by atoms with Gasteiger partial charge in [-0.05, 0) is 42.8 Å². The Morgan fingerprint density at radius 3 is 2.83 bits per heavy atom. The Kier molecular flexibility index (Phi) is 5.03. The van der Waals surface area contributed by atoms with Crippen molar-refractivity contribution in [3.8, 4) is 5.75 Å². The molecule has 2 N–H and O–H groups in total. The maximum atomic E-state index is 12.3. The van der Waals surface area contributed by atoms with Gasteiger partial charge in [0.05, 0.1) is 24.7 Å². The average Bonchev–Trinajstić information content (AvgIpc) is 3.06. The normalized spacial score (nSPS) is 11.1. The van der Waals surface area contributed by atoms with E-state index in [1.54, 1.807) is 13.2 Å². The van der Waals surface area contributed by atoms with Gasteiger partial charge >= 0.3 is 0 Å². The summed E-state index contributed by atoms with van der Waals surface area (Å²) in [6.45, 7) is 0.343. The Bertz CT molecular complexity index is 1260. The molecular formula is C22H22N4O3. The zero-order valence-electron chi connectivity index (χ0n) is 16.4. The Hall–Kier alpha value is -3.61. The summed E-state index contributed by atoms with van der Waals surface area (Å²) in [5.74, 6) is 1.38. The van der Waals surface area contributed by atoms with Crippen LogP contribution in [0.2, 0.25) is 0 Å². The van der Waals surface area contributed by atoms with Gasteiger partial charge in [0.25, 0.3) is 5.56 Å². The van der Waals surface area contributed by atoms with Gasteiger partial charge in [-0.3, -0.25) is 9.59 Å². The van der Waals surface area contributed by atoms with E-state index in [1.807, 2.05) is 54.1 Å². The van der Waals surface area contributed by atoms with Gasteiger partial charge in [-0.1, -0.05) is 12.1 Å². The highest BCUT2D eigenvalue weighted by Crippen LogP contribution is 2.19. The summed E-state index contributed by atoms with van der Waals surface area (Å²) >= 11 is 0. The fourth-order valence-electron chi connectivity index (χ4n) is 3.41. The summed E-state index contributed by atoms with van der Waals surface area (Å²) in [7, 11) is 3.53. The molecule has 4 rings (SSSR count). The van der Waals surface area contributed by atoms with Crippen LogP contribution in [0.4, 0.5) is 0 Å². The first kappa shape index (κ1) is 18.7. The molecule has 29 heavy (non-hydrogen) atoms. The second-order valence-corrected chi connectivity index (χ2v) is 6.93. The third-order valence-electron chi connectivity index (χ3n) is 5.07. The molecule has 0 aliphatic carbocycles. The first-order valence-corrected chi connectivity index (χ1v) is 9.42. The number of carbonyl (C=O) groups excluding carboxylic acids is 1. The highest BCUT2D eigenvalue weighted by molar-refractivity contribution is 5.81. The molecule has 2 aromatic heterocycles. The fraction of sp³-hybridized carbons (Fsp3) is 0.227. The molecule has 148 valence electrons. The van der Waals surface area contributed by atoms with Gasteiger partial charge in [0, 0.05) is 29.9 Å². The molecule has 0 bridgehead atoms. The number of amides is 1. The molecule has 0 aliphatic rings. The topological polar surface area (TPSA) is 89.0 Å². The number of aromatic amines is 1. The summed E-state index contributed by atoms with van der Waals surface area (Å²) < 4.78 is 7.20. The Labute approximate surface area is 167 Å². The van der Waals surface area contributed by atoms with Gasteiger partial charge in [-0.15, -0.1) is 0 Å². The lowest BCUT2D eigenvalue weighted by atomic mass is 10.1. The van der Waals surface area contributed by atoms with Crippen LogP contribution in [0.5, 0.6) is 5.75 Å². The van der Waals surface area contributed by atoms with Crippen LogP contribution >= 0.6 is 0 Å². The van der Waals surface area contributed by atoms with Crippen molar-refractivity contribution < 1.29 is 9.53 Å². The van der Waals surface area contributed by atoms with E-state index in [9.17, 15) is 9.59 Å². The molecule has 0 radical (unpaired) electrons. The molecule has 0 unspecified atom stereocenters. The smallest absolute Gasteiger partial charge is 0.251 e. The number of pyridine rings is 1. The van der Waals surface area contributed by atoms with Gasteiger partial charge in [-0.25, -0.2) is 4.98 Å². The van der Waals surface area contributed by atoms with Crippen molar-refractivity contribution in [1.82, 2.24) is 19.9 Å². The zero-order valence-corrected chi connectivity index (χ0v) is 16.4. The van der Waals surface area contributed by atoms with Crippen molar-refractivity contribution in [3.05, 3.63) is 70.3 Å². The Balaban J connectivity index is 1.42. The molecule has 7 nitrogen and oxygen atoms in total. The number of nitrogens with zero attached hydrogens (tertiary/aromatic N) is 2. The number of ether oxygens (including phenoxy) is 1. The molecule has 2 aromatic carbocycles. The minimum Gasteiger partial charge on any atom is -0.497 e. The van der Waals surface area contributed by atoms with Crippen molar-refractivity contribution in [2.45, 2.75) is 19.4 Å². The number of benzene rings is 2. The molecule has 0 spiro atoms. The maximum Gasteiger partial charge on any atom is 0.251 e. The van der Waals surface area contributed by atoms with Crippen LogP contribution in [0, 0.1) is 0 Å². The third kappa shape index (κ3) is 3.85. The van der Waals surface area contributed by atoms with Gasteiger partial charge in [-0.2, -0.15) is 0 Å². The van der Waals surface area contributed by atoms with Crippen LogP contribution in [0.25, 0.3) is 21.9 Å². The third-order valence-corrected chi connectivity index (χ3v) is 5.07. The monoisotopic (exact) mass is 390 g/mol. The summed E-state index contributed by atoms with van der Waals surface area (Å²) in [4.78, 5) is 32.0. The predicted octanol–water partition coefficient (Wildman–Crippen LogP) is 2.67. The molecule has 7 heteroatoms. The van der Waals surface area contributed by atoms with E-state index in [2.05, 4.69) is 15.3 Å². The summed E-state index contributed by atoms with van der Waals surface area (Å²) in [6, 6.07) is 15.1. The summed E-state index contributed by atoms with van der Waals surface area (Å²) in [5.41, 5.74) is 3.06. The standard InChI is InChI=1S/C22H22N4O3/c1-26-19-6-4-3-5-18(19)24-20(26)13-23-21(27)10-7-14-11-15-12-16(29-2)8-9-17(15)25-22(14)28/h3-6,8-9,11-12H,7,10,13H2,1-2H3,(H,23,27)(H,25,28). The minimum atomic E-state index is -0.175. The largest absolute Gasteiger partial charge is 0.497 e. The number of nitrogens with one attached hydrogen (secondary N) is 2. The van der Waals surface area contributed by atoms with E-state index in [0.717, 1.165) is 33.5 Å². The fourth-order valence-corrected chi connectivity index (χ4v) is 3.41. The van der Waals surface area contributed by atoms with Crippen LogP contribution in [-0.4, -0.2) is 27.6 Å². The number of aromatic nitrogens is 3. The molecule has 1 amide bonds. The first-order chi connectivity index (χ1) is 14.0. The molecule has 0 saturated carbocycles. The van der Waals surface area contributed by atoms with Gasteiger partial charge < -0.3 is 19.6 Å². The van der Waals surface area contributed by atoms with Crippen molar-refractivity contribution in [2.24, 2.45) is 7.05 Å². The van der Waals surface area contributed by atoms with Crippen molar-refractivity contribution >= 4 is 27.8 Å². The number of imidazole rings is 1. The Morgan fingerprint density at radius 2 is 2.03 bits per heavy atom. The quantitative estimate of drug-likeness (QED) is 0.530. The number of para-hydroxylation sites is 2. The summed E-state index contributed by atoms with van der Waals surface area (Å²) in [6.07, 6.45) is 0.583. The number of carbonyl (C=O) groups is 1. The van der Waals surface area contributed by atoms with Crippen molar-refractivity contribution in [2.75, 3.05) is 7.11 Å². The zero-order chi connectivity index (χ0) is 20.4. The van der Waals surface area contributed by atoms with Crippen LogP contribution < -0.4 is 15.6 Å². The summed E-state index contributed by atoms with van der Waals surface area (Å²) in [5, 5.41) is 3.77. The van der Waals surface area contributed by atoms with E-state index in [0.29, 0.717) is 18.5 Å². The Morgan fingerprint density at radius 1 is 1.21 bits per heavy atom. The molecule has 0 saturated heterocycles. The minimum absolute atomic E-state index is 0.123. The van der Waals surface area contributed by atoms with E-state index in [4.69, 9.17) is 4.74 Å². The lowest BCUT2D eigenvalue weighted by molar-refractivity contribution is -0.121. The number of aryl methyl sites for hydroxylation is 2. The molecule has 4 aromatic rings. The number of H-pyrrole nitrogens is 1. The van der Waals surface area contributed by atoms with Gasteiger partial charge in [0.2, 0.25) is 5.91 Å². The first-order valence-electron chi connectivity index (χ1n) is 9.42. The molecular weight excluding hydrogens is 368 g/mol. The number of hydrogen-bond donors (Lipinski definition) is 2. The average molecular weight is 390 g/mol. The molecule has 0 fully saturated rings. The van der Waals surface area contributed by atoms with E-state index in [1.165, 1.54) is 0 Å². The van der Waals surface area contributed by atoms with Gasteiger partial charge in [0.15, 0.2) is 0 Å². The van der Waals surface area contributed by atoms with Crippen LogP contribution in [0.1, 0.15) is 17.8 Å². The van der Waals surface area contributed by atoms with Gasteiger partial charge in [0.1, 0.15) is 11.6 Å². The number of rotatable bonds is 6. The highest BCUT2D eigenvalue weighted by atomic mass is 16.5. The molecule has 0 aliphatic heterocycles. The number of hydrogen-bond acceptors (Lipinski definition) is 4. The molecule has 0 atom stereocenters. The molecule has 2 heterocycles. The van der Waals surface area contributed by atoms with Crippen molar-refractivity contribution in [3.63, 3.8) is 0 Å². The van der Waals surface area contributed by atoms with Crippen LogP contribution in [-0.2, 0) is 24.8 Å². The van der Waals surface area contributed by atoms with E-state index < -0.39 is 0 Å². The number of methoxy groups -OCH3 is 1. The van der Waals surface area contributed by atoms with E-state index >= 15 is 0 Å². The highest BCUT2D eigenvalue weighted by Gasteiger charge is 2.10. The SMILES string of the molecule is COc1ccc2[nH]c(=O)c(CCC(=O)NCc3nc4ccccc4n3C)cc2c1.